The lowest BCUT2D eigenvalue weighted by molar-refractivity contribution is -0.284. The number of phenolic OH excluding ortho intramolecular Hbond substituents is 11. The van der Waals surface area contributed by atoms with Crippen molar-refractivity contribution < 1.29 is 104 Å². The second kappa shape index (κ2) is 16.3. The fourth-order valence-electron chi connectivity index (χ4n) is 5.14. The molecule has 1 aliphatic rings. The summed E-state index contributed by atoms with van der Waals surface area (Å²) in [5.74, 6) is -15.5. The number of carbonyl (C=O) groups is 4. The molecule has 0 spiro atoms. The van der Waals surface area contributed by atoms with E-state index in [1.807, 2.05) is 0 Å². The SMILES string of the molecule is O=C(/C=C/c1ccc(O)c(O)c1)OC[C@H]1O[C@@H](OC(=O)c2cc(O)c(O)c(O)c2)[C@H](OC(=O)c2cc(O)c(O)c(O)c2)[C@@H](O)[C@@H]1OC(=O)c1cc(O)c(O)c(O)c1. The maximum atomic E-state index is 13.3. The van der Waals surface area contributed by atoms with Crippen LogP contribution in [0.4, 0.5) is 0 Å². The van der Waals surface area contributed by atoms with E-state index in [-0.39, 0.29) is 5.56 Å². The third kappa shape index (κ3) is 8.96. The van der Waals surface area contributed by atoms with Crippen LogP contribution in [0, 0.1) is 0 Å². The molecule has 0 radical (unpaired) electrons. The van der Waals surface area contributed by atoms with Crippen LogP contribution in [0.5, 0.6) is 63.2 Å². The standard InChI is InChI=1S/C36H30O21/c37-17-3-1-13(5-18(17)38)2-4-26(45)53-12-25-31(55-33(50)14-6-19(39)27(46)20(40)7-14)30(49)32(56-34(51)15-8-21(41)28(47)22(42)9-15)36(54-25)57-35(52)16-10-23(43)29(48)24(44)11-16/h1-11,25,30-32,36-44,46-49H,12H2/b4-2+/t25-,30+,31-,32-,36+/m1/s1. The molecule has 21 nitrogen and oxygen atoms in total. The number of ether oxygens (including phenoxy) is 5. The quantitative estimate of drug-likeness (QED) is 0.0467. The maximum absolute atomic E-state index is 13.3. The summed E-state index contributed by atoms with van der Waals surface area (Å²) in [6.07, 6.45) is -8.82. The number of carbonyl (C=O) groups excluding carboxylic acids is 4. The molecule has 1 heterocycles. The fraction of sp³-hybridized carbons (Fsp3) is 0.167. The number of aliphatic hydroxyl groups excluding tert-OH is 1. The summed E-state index contributed by atoms with van der Waals surface area (Å²) in [6, 6.07) is 7.42. The van der Waals surface area contributed by atoms with Gasteiger partial charge in [-0.15, -0.1) is 0 Å². The van der Waals surface area contributed by atoms with Crippen molar-refractivity contribution in [1.82, 2.24) is 0 Å². The number of benzene rings is 4. The molecule has 1 aliphatic heterocycles. The van der Waals surface area contributed by atoms with E-state index in [1.165, 1.54) is 6.07 Å². The van der Waals surface area contributed by atoms with Crippen molar-refractivity contribution in [2.75, 3.05) is 6.61 Å². The molecule has 57 heavy (non-hydrogen) atoms. The lowest BCUT2D eigenvalue weighted by Crippen LogP contribution is -2.62. The Kier molecular flexibility index (Phi) is 11.6. The van der Waals surface area contributed by atoms with Crippen LogP contribution < -0.4 is 0 Å². The van der Waals surface area contributed by atoms with Crippen LogP contribution in [0.25, 0.3) is 6.08 Å². The Bertz CT molecular complexity index is 2200. The van der Waals surface area contributed by atoms with Crippen LogP contribution >= 0.6 is 0 Å². The molecule has 0 saturated carbocycles. The summed E-state index contributed by atoms with van der Waals surface area (Å²) in [4.78, 5) is 52.5. The van der Waals surface area contributed by atoms with Crippen LogP contribution in [0.3, 0.4) is 0 Å². The Labute approximate surface area is 317 Å². The molecular weight excluding hydrogens is 768 g/mol. The van der Waals surface area contributed by atoms with Gasteiger partial charge in [-0.05, 0) is 60.2 Å². The third-order valence-electron chi connectivity index (χ3n) is 8.04. The molecule has 300 valence electrons. The van der Waals surface area contributed by atoms with Gasteiger partial charge in [0, 0.05) is 6.08 Å². The van der Waals surface area contributed by atoms with E-state index in [2.05, 4.69) is 0 Å². The average Bonchev–Trinajstić information content (AvgIpc) is 3.16. The second-order valence-corrected chi connectivity index (χ2v) is 12.0. The topological polar surface area (TPSA) is 357 Å². The molecule has 4 aromatic carbocycles. The summed E-state index contributed by atoms with van der Waals surface area (Å²) in [5.41, 5.74) is -1.72. The number of rotatable bonds is 10. The minimum atomic E-state index is -2.34. The molecule has 5 atom stereocenters. The smallest absolute Gasteiger partial charge is 0.340 e. The fourth-order valence-corrected chi connectivity index (χ4v) is 5.14. The minimum Gasteiger partial charge on any atom is -0.504 e. The van der Waals surface area contributed by atoms with Gasteiger partial charge in [-0.1, -0.05) is 6.07 Å². The van der Waals surface area contributed by atoms with Gasteiger partial charge in [0.05, 0.1) is 16.7 Å². The first-order valence-electron chi connectivity index (χ1n) is 15.9. The lowest BCUT2D eigenvalue weighted by Gasteiger charge is -2.42. The minimum absolute atomic E-state index is 0.219. The second-order valence-electron chi connectivity index (χ2n) is 12.0. The van der Waals surface area contributed by atoms with Crippen molar-refractivity contribution in [2.45, 2.75) is 30.7 Å². The molecule has 0 aliphatic carbocycles. The Morgan fingerprint density at radius 2 is 0.965 bits per heavy atom. The highest BCUT2D eigenvalue weighted by molar-refractivity contribution is 5.93. The van der Waals surface area contributed by atoms with Crippen molar-refractivity contribution >= 4 is 30.0 Å². The van der Waals surface area contributed by atoms with E-state index in [4.69, 9.17) is 23.7 Å². The van der Waals surface area contributed by atoms with Crippen LogP contribution in [0.1, 0.15) is 36.6 Å². The zero-order valence-electron chi connectivity index (χ0n) is 28.5. The predicted molar refractivity (Wildman–Crippen MR) is 183 cm³/mol. The van der Waals surface area contributed by atoms with Gasteiger partial charge in [0.2, 0.25) is 6.29 Å². The lowest BCUT2D eigenvalue weighted by atomic mass is 9.98. The zero-order valence-corrected chi connectivity index (χ0v) is 28.5. The van der Waals surface area contributed by atoms with E-state index in [9.17, 15) is 80.5 Å². The molecular formula is C36H30O21. The highest BCUT2D eigenvalue weighted by atomic mass is 16.7. The first-order chi connectivity index (χ1) is 26.8. The van der Waals surface area contributed by atoms with Gasteiger partial charge in [-0.2, -0.15) is 0 Å². The molecule has 4 aromatic rings. The molecule has 5 rings (SSSR count). The van der Waals surface area contributed by atoms with Crippen LogP contribution in [0.2, 0.25) is 0 Å². The highest BCUT2D eigenvalue weighted by Gasteiger charge is 2.52. The number of hydrogen-bond donors (Lipinski definition) is 12. The summed E-state index contributed by atoms with van der Waals surface area (Å²) in [5, 5.41) is 119. The number of aliphatic hydroxyl groups is 1. The van der Waals surface area contributed by atoms with E-state index in [1.54, 1.807) is 0 Å². The summed E-state index contributed by atoms with van der Waals surface area (Å²) in [6.45, 7) is -0.958. The van der Waals surface area contributed by atoms with Gasteiger partial charge in [0.1, 0.15) is 18.8 Å². The van der Waals surface area contributed by atoms with Gasteiger partial charge in [0.25, 0.3) is 0 Å². The average molecular weight is 799 g/mol. The largest absolute Gasteiger partial charge is 0.504 e. The monoisotopic (exact) mass is 798 g/mol. The Hall–Kier alpha value is -7.78. The maximum Gasteiger partial charge on any atom is 0.340 e. The van der Waals surface area contributed by atoms with Crippen molar-refractivity contribution in [3.05, 3.63) is 82.9 Å². The number of aromatic hydroxyl groups is 11. The third-order valence-corrected chi connectivity index (χ3v) is 8.04. The van der Waals surface area contributed by atoms with Crippen molar-refractivity contribution in [3.8, 4) is 63.2 Å². The first-order valence-corrected chi connectivity index (χ1v) is 15.9. The molecule has 0 unspecified atom stereocenters. The highest BCUT2D eigenvalue weighted by Crippen LogP contribution is 2.39. The van der Waals surface area contributed by atoms with E-state index >= 15 is 0 Å². The van der Waals surface area contributed by atoms with Gasteiger partial charge in [-0.3, -0.25) is 0 Å². The normalized spacial score (nSPS) is 19.1. The Balaban J connectivity index is 1.50. The molecule has 0 aromatic heterocycles. The number of phenols is 11. The Morgan fingerprint density at radius 1 is 0.544 bits per heavy atom. The summed E-state index contributed by atoms with van der Waals surface area (Å²) < 4.78 is 26.9. The predicted octanol–water partition coefficient (Wildman–Crippen LogP) is 1.40. The Morgan fingerprint density at radius 3 is 1.40 bits per heavy atom. The van der Waals surface area contributed by atoms with Gasteiger partial charge in [0.15, 0.2) is 75.5 Å². The van der Waals surface area contributed by atoms with Gasteiger partial charge < -0.3 is 85.0 Å². The number of hydrogen-bond acceptors (Lipinski definition) is 21. The molecule has 0 amide bonds. The summed E-state index contributed by atoms with van der Waals surface area (Å²) >= 11 is 0. The van der Waals surface area contributed by atoms with E-state index < -0.39 is 141 Å². The summed E-state index contributed by atoms with van der Waals surface area (Å²) in [7, 11) is 0. The number of esters is 4. The van der Waals surface area contributed by atoms with Crippen molar-refractivity contribution in [2.24, 2.45) is 0 Å². The molecule has 21 heteroatoms. The van der Waals surface area contributed by atoms with Crippen LogP contribution in [-0.2, 0) is 28.5 Å². The van der Waals surface area contributed by atoms with Crippen LogP contribution in [0.15, 0.2) is 60.7 Å². The first kappa shape index (κ1) is 40.4. The van der Waals surface area contributed by atoms with Gasteiger partial charge >= 0.3 is 23.9 Å². The van der Waals surface area contributed by atoms with E-state index in [0.717, 1.165) is 24.3 Å². The van der Waals surface area contributed by atoms with Crippen LogP contribution in [-0.4, -0.2) is 122 Å². The molecule has 1 fully saturated rings. The van der Waals surface area contributed by atoms with E-state index in [0.29, 0.717) is 36.4 Å². The van der Waals surface area contributed by atoms with Crippen molar-refractivity contribution in [3.63, 3.8) is 0 Å². The molecule has 12 N–H and O–H groups in total. The zero-order chi connectivity index (χ0) is 41.9. The molecule has 0 bridgehead atoms. The van der Waals surface area contributed by atoms with Gasteiger partial charge in [-0.25, -0.2) is 19.2 Å². The molecule has 1 saturated heterocycles. The van der Waals surface area contributed by atoms with Crippen molar-refractivity contribution in [1.29, 1.82) is 0 Å².